The van der Waals surface area contributed by atoms with Gasteiger partial charge in [0.15, 0.2) is 0 Å². The lowest BCUT2D eigenvalue weighted by molar-refractivity contribution is -0.158. The normalized spacial score (nSPS) is 19.7. The van der Waals surface area contributed by atoms with E-state index in [1.165, 1.54) is 38.2 Å². The fourth-order valence-electron chi connectivity index (χ4n) is 10.8. The number of carbonyl (C=O) groups excluding carboxylic acids is 8. The summed E-state index contributed by atoms with van der Waals surface area (Å²) in [5.74, 6) is -5.05. The third kappa shape index (κ3) is 15.4. The molecule has 0 spiro atoms. The number of nitrogens with one attached hydrogen (secondary N) is 4. The van der Waals surface area contributed by atoms with Crippen LogP contribution in [0.1, 0.15) is 112 Å². The predicted octanol–water partition coefficient (Wildman–Crippen LogP) is 5.61. The van der Waals surface area contributed by atoms with E-state index in [1.54, 1.807) is 52.0 Å². The second-order valence-corrected chi connectivity index (χ2v) is 27.9. The minimum atomic E-state index is -5.89. The summed E-state index contributed by atoms with van der Waals surface area (Å²) >= 11 is 2.43. The Morgan fingerprint density at radius 1 is 0.782 bits per heavy atom. The number of β-amino-alcohol motifs (C(OH)–C–C–N with tert-alkyl or cyclic N) is 1. The molecule has 3 aliphatic rings. The number of carbonyl (C=O) groups is 8. The van der Waals surface area contributed by atoms with Gasteiger partial charge in [0.1, 0.15) is 36.7 Å². The molecule has 3 aliphatic heterocycles. The van der Waals surface area contributed by atoms with Gasteiger partial charge in [-0.15, -0.1) is 22.7 Å². The number of thiophene rings is 1. The van der Waals surface area contributed by atoms with E-state index in [2.05, 4.69) is 26.3 Å². The molecule has 0 radical (unpaired) electrons. The highest BCUT2D eigenvalue weighted by atomic mass is 32.1. The molecule has 468 valence electrons. The van der Waals surface area contributed by atoms with E-state index in [0.717, 1.165) is 50.7 Å². The number of likely N-dealkylation sites (tertiary alicyclic amines) is 1. The van der Waals surface area contributed by atoms with Crippen LogP contribution in [0.25, 0.3) is 20.5 Å². The Kier molecular flexibility index (Phi) is 20.2. The van der Waals surface area contributed by atoms with E-state index in [4.69, 9.17) is 4.74 Å². The van der Waals surface area contributed by atoms with E-state index in [9.17, 15) is 66.6 Å². The molecule has 7 N–H and O–H groups in total. The van der Waals surface area contributed by atoms with Crippen molar-refractivity contribution in [2.24, 2.45) is 10.8 Å². The van der Waals surface area contributed by atoms with Crippen LogP contribution in [0.2, 0.25) is 0 Å². The highest BCUT2D eigenvalue weighted by Gasteiger charge is 2.51. The molecule has 22 nitrogen and oxygen atoms in total. The minimum absolute atomic E-state index is 0.00229. The maximum atomic E-state index is 15.0. The number of benzene rings is 3. The largest absolute Gasteiger partial charge is 0.399 e. The number of aliphatic hydroxyl groups is 1. The number of rotatable bonds is 18. The number of thiazole rings is 1. The number of piperazine rings is 1. The van der Waals surface area contributed by atoms with Crippen molar-refractivity contribution in [3.05, 3.63) is 112 Å². The van der Waals surface area contributed by atoms with Crippen molar-refractivity contribution in [2.75, 3.05) is 52.4 Å². The van der Waals surface area contributed by atoms with Gasteiger partial charge < -0.3 is 60.5 Å². The highest BCUT2D eigenvalue weighted by Crippen LogP contribution is 2.59. The van der Waals surface area contributed by atoms with E-state index in [1.807, 2.05) is 68.4 Å². The Balaban J connectivity index is 0.898. The van der Waals surface area contributed by atoms with E-state index in [0.29, 0.717) is 4.70 Å². The van der Waals surface area contributed by atoms with Crippen molar-refractivity contribution in [2.45, 2.75) is 123 Å². The first-order valence-electron chi connectivity index (χ1n) is 28.5. The summed E-state index contributed by atoms with van der Waals surface area (Å²) in [7, 11) is -5.89. The van der Waals surface area contributed by atoms with Gasteiger partial charge in [0.25, 0.3) is 5.91 Å². The van der Waals surface area contributed by atoms with Gasteiger partial charge in [-0.1, -0.05) is 102 Å². The molecule has 27 heteroatoms. The number of aryl methyl sites for hydroxylation is 1. The van der Waals surface area contributed by atoms with Crippen LogP contribution in [0.15, 0.2) is 84.4 Å². The average molecular weight is 1260 g/mol. The molecule has 0 unspecified atom stereocenters. The van der Waals surface area contributed by atoms with Gasteiger partial charge >= 0.3 is 13.3 Å². The Labute approximate surface area is 510 Å². The van der Waals surface area contributed by atoms with Crippen molar-refractivity contribution in [3.8, 4) is 10.4 Å². The molecule has 3 fully saturated rings. The molecule has 5 heterocycles. The van der Waals surface area contributed by atoms with E-state index >= 15 is 0 Å². The quantitative estimate of drug-likeness (QED) is 0.0415. The number of aromatic nitrogens is 1. The van der Waals surface area contributed by atoms with Crippen LogP contribution in [0, 0.1) is 17.8 Å². The first kappa shape index (κ1) is 65.9. The Hall–Kier alpha value is -7.06. The van der Waals surface area contributed by atoms with Crippen LogP contribution < -0.4 is 21.3 Å². The number of morpholine rings is 1. The lowest BCUT2D eigenvalue weighted by atomic mass is 9.85. The first-order chi connectivity index (χ1) is 40.8. The number of amides is 8. The Morgan fingerprint density at radius 3 is 2.09 bits per heavy atom. The SMILES string of the molecule is Cc1ncsc1-c1ccc([C@H](C)NC(=O)[C@@H]2C[C@@H](O)CN2C(=O)[C@@H](NC(=O)CCNC(=O)CC(=O)N2CCN(C(=O)[C@@H](NC(=O)c3cc4cc(C(F)(F)P(=O)(O)O)ccc4s3)C(C)(C)C)[C@H](C(=O)N3CCO[C@H](c4ccccc4)C3)C2)C(C)(C)C)cc1. The number of halogens is 2. The van der Waals surface area contributed by atoms with Gasteiger partial charge in [0, 0.05) is 55.8 Å². The average Bonchev–Trinajstić information content (AvgIpc) is 3.07. The fourth-order valence-corrected chi connectivity index (χ4v) is 13.1. The third-order valence-electron chi connectivity index (χ3n) is 15.7. The molecule has 0 bridgehead atoms. The zero-order chi connectivity index (χ0) is 63.5. The monoisotopic (exact) mass is 1260 g/mol. The number of hydrogen-bond donors (Lipinski definition) is 7. The van der Waals surface area contributed by atoms with Crippen LogP contribution in [0.3, 0.4) is 0 Å². The maximum absolute atomic E-state index is 15.0. The summed E-state index contributed by atoms with van der Waals surface area (Å²) in [6.45, 7) is 13.4. The van der Waals surface area contributed by atoms with Crippen LogP contribution in [-0.2, 0) is 48.5 Å². The molecule has 3 saturated heterocycles. The fraction of sp³-hybridized carbons (Fsp3) is 0.483. The van der Waals surface area contributed by atoms with E-state index < -0.39 is 126 Å². The highest BCUT2D eigenvalue weighted by molar-refractivity contribution is 7.52. The smallest absolute Gasteiger partial charge is 0.391 e. The zero-order valence-electron chi connectivity index (χ0n) is 49.6. The van der Waals surface area contributed by atoms with Gasteiger partial charge in [0.05, 0.1) is 52.8 Å². The van der Waals surface area contributed by atoms with Gasteiger partial charge in [-0.05, 0) is 65.0 Å². The van der Waals surface area contributed by atoms with Crippen LogP contribution in [0.4, 0.5) is 8.78 Å². The zero-order valence-corrected chi connectivity index (χ0v) is 52.1. The third-order valence-corrected chi connectivity index (χ3v) is 18.8. The van der Waals surface area contributed by atoms with Crippen molar-refractivity contribution in [1.82, 2.24) is 45.9 Å². The predicted molar refractivity (Wildman–Crippen MR) is 321 cm³/mol. The van der Waals surface area contributed by atoms with Gasteiger partial charge in [-0.3, -0.25) is 42.9 Å². The molecule has 7 atom stereocenters. The first-order valence-corrected chi connectivity index (χ1v) is 31.8. The molecule has 87 heavy (non-hydrogen) atoms. The van der Waals surface area contributed by atoms with Gasteiger partial charge in [0.2, 0.25) is 41.4 Å². The second-order valence-electron chi connectivity index (χ2n) is 24.3. The summed E-state index contributed by atoms with van der Waals surface area (Å²) in [5.41, 5.74) is -2.01. The van der Waals surface area contributed by atoms with Crippen molar-refractivity contribution in [3.63, 3.8) is 0 Å². The molecule has 3 aromatic carbocycles. The number of ether oxygens (including phenoxy) is 1. The lowest BCUT2D eigenvalue weighted by Crippen LogP contribution is -2.66. The lowest BCUT2D eigenvalue weighted by Gasteiger charge is -2.45. The van der Waals surface area contributed by atoms with Crippen molar-refractivity contribution < 1.29 is 71.3 Å². The van der Waals surface area contributed by atoms with Crippen LogP contribution >= 0.6 is 30.3 Å². The van der Waals surface area contributed by atoms with Gasteiger partial charge in [-0.2, -0.15) is 8.78 Å². The second kappa shape index (κ2) is 26.7. The Morgan fingerprint density at radius 2 is 1.45 bits per heavy atom. The molecule has 8 amide bonds. The molecular formula is C60H74F2N9O13PS2. The summed E-state index contributed by atoms with van der Waals surface area (Å²) in [5, 5.41) is 22.0. The molecule has 5 aromatic rings. The maximum Gasteiger partial charge on any atom is 0.399 e. The topological polar surface area (TPSA) is 298 Å². The summed E-state index contributed by atoms with van der Waals surface area (Å²) in [4.78, 5) is 142. The number of alkyl halides is 2. The molecule has 2 aromatic heterocycles. The summed E-state index contributed by atoms with van der Waals surface area (Å²) in [6, 6.07) is 15.9. The number of fused-ring (bicyclic) bond motifs is 1. The van der Waals surface area contributed by atoms with E-state index in [-0.39, 0.29) is 75.5 Å². The molecular weight excluding hydrogens is 1190 g/mol. The molecule has 0 aliphatic carbocycles. The standard InChI is InChI=1S/C60H74F2N9O13PS2/c1-34(36-14-16-38(17-15-36)50-35(2)64-33-86-50)65-53(76)42-28-41(72)30-71(42)57(80)51(58(3,4)5)66-47(73)20-21-63-48(74)29-49(75)68-22-23-70(43(31-68)55(78)69-24-25-84-44(32-69)37-12-10-9-11-13-37)56(79)52(59(6,7)8)67-54(77)46-27-39-26-40(18-19-45(39)87-46)60(61,62)85(81,82)83/h9-19,26-27,33-34,41-44,51-52,72H,20-25,28-32H2,1-8H3,(H,63,74)(H,65,76)(H,66,73)(H,67,77)(H2,81,82,83)/t34-,41+,42-,43-,44-,51+,52+/m0/s1. The van der Waals surface area contributed by atoms with Gasteiger partial charge in [-0.25, -0.2) is 4.98 Å². The van der Waals surface area contributed by atoms with Crippen molar-refractivity contribution >= 4 is 87.6 Å². The molecule has 8 rings (SSSR count). The molecule has 0 saturated carbocycles. The number of nitrogens with zero attached hydrogens (tertiary/aromatic N) is 5. The van der Waals surface area contributed by atoms with Crippen LogP contribution in [-0.4, -0.2) is 169 Å². The minimum Gasteiger partial charge on any atom is -0.391 e. The summed E-state index contributed by atoms with van der Waals surface area (Å²) in [6.07, 6.45) is -2.53. The summed E-state index contributed by atoms with van der Waals surface area (Å²) < 4.78 is 47.3. The number of aliphatic hydroxyl groups excluding tert-OH is 1. The van der Waals surface area contributed by atoms with Crippen molar-refractivity contribution in [1.29, 1.82) is 0 Å². The Bertz CT molecular complexity index is 3440. The van der Waals surface area contributed by atoms with Crippen LogP contribution in [0.5, 0.6) is 0 Å². The number of hydrogen-bond acceptors (Lipinski definition) is 14.